The van der Waals surface area contributed by atoms with Crippen LogP contribution in [0.5, 0.6) is 0 Å². The number of nitro groups is 1. The minimum atomic E-state index is -0.999. The van der Waals surface area contributed by atoms with E-state index in [0.29, 0.717) is 17.9 Å². The van der Waals surface area contributed by atoms with Gasteiger partial charge >= 0.3 is 5.97 Å². The molecule has 0 unspecified atom stereocenters. The second-order valence-electron chi connectivity index (χ2n) is 4.47. The number of aryl methyl sites for hydroxylation is 1. The number of pyridine rings is 1. The van der Waals surface area contributed by atoms with Crippen LogP contribution in [0.4, 0.5) is 11.5 Å². The average Bonchev–Trinajstić information content (AvgIpc) is 2.46. The molecule has 0 saturated carbocycles. The van der Waals surface area contributed by atoms with Gasteiger partial charge in [-0.05, 0) is 24.6 Å². The molecule has 0 aliphatic heterocycles. The number of aromatic carboxylic acids is 1. The molecule has 0 radical (unpaired) electrons. The van der Waals surface area contributed by atoms with Gasteiger partial charge in [0.2, 0.25) is 0 Å². The van der Waals surface area contributed by atoms with Crippen molar-refractivity contribution in [3.63, 3.8) is 0 Å². The summed E-state index contributed by atoms with van der Waals surface area (Å²) in [5.74, 6) is -0.631. The molecule has 2 aromatic rings. The number of hydrogen-bond acceptors (Lipinski definition) is 5. The van der Waals surface area contributed by atoms with Gasteiger partial charge in [-0.2, -0.15) is 0 Å². The van der Waals surface area contributed by atoms with Crippen molar-refractivity contribution in [1.82, 2.24) is 4.98 Å². The summed E-state index contributed by atoms with van der Waals surface area (Å²) in [5, 5.41) is 22.7. The highest BCUT2D eigenvalue weighted by Crippen LogP contribution is 2.20. The van der Waals surface area contributed by atoms with Crippen molar-refractivity contribution in [3.8, 4) is 0 Å². The Bertz CT molecular complexity index is 700. The fourth-order valence-electron chi connectivity index (χ4n) is 1.81. The third-order valence-corrected chi connectivity index (χ3v) is 2.92. The van der Waals surface area contributed by atoms with Crippen LogP contribution in [0.3, 0.4) is 0 Å². The van der Waals surface area contributed by atoms with Gasteiger partial charge in [0.05, 0.1) is 16.6 Å². The van der Waals surface area contributed by atoms with Crippen molar-refractivity contribution in [1.29, 1.82) is 0 Å². The molecule has 0 aliphatic carbocycles. The molecular weight excluding hydrogens is 274 g/mol. The normalized spacial score (nSPS) is 10.1. The molecule has 1 heterocycles. The van der Waals surface area contributed by atoms with Crippen LogP contribution in [0.1, 0.15) is 21.5 Å². The lowest BCUT2D eigenvalue weighted by atomic mass is 10.1. The Kier molecular flexibility index (Phi) is 4.13. The van der Waals surface area contributed by atoms with E-state index in [0.717, 1.165) is 5.56 Å². The zero-order valence-electron chi connectivity index (χ0n) is 11.2. The molecular formula is C14H13N3O4. The van der Waals surface area contributed by atoms with E-state index in [-0.39, 0.29) is 11.3 Å². The minimum absolute atomic E-state index is 0.00760. The van der Waals surface area contributed by atoms with Crippen LogP contribution in [-0.2, 0) is 6.54 Å². The van der Waals surface area contributed by atoms with Crippen LogP contribution >= 0.6 is 0 Å². The quantitative estimate of drug-likeness (QED) is 0.646. The Morgan fingerprint density at radius 1 is 1.43 bits per heavy atom. The molecule has 0 saturated heterocycles. The van der Waals surface area contributed by atoms with Crippen molar-refractivity contribution in [2.75, 3.05) is 5.32 Å². The Morgan fingerprint density at radius 2 is 2.19 bits per heavy atom. The molecule has 2 rings (SSSR count). The van der Waals surface area contributed by atoms with Crippen molar-refractivity contribution in [2.45, 2.75) is 13.5 Å². The van der Waals surface area contributed by atoms with Crippen molar-refractivity contribution >= 4 is 17.5 Å². The molecule has 7 nitrogen and oxygen atoms in total. The highest BCUT2D eigenvalue weighted by atomic mass is 16.6. The lowest BCUT2D eigenvalue weighted by Crippen LogP contribution is -2.04. The highest BCUT2D eigenvalue weighted by Gasteiger charge is 2.12. The lowest BCUT2D eigenvalue weighted by molar-refractivity contribution is -0.385. The van der Waals surface area contributed by atoms with Crippen molar-refractivity contribution in [2.24, 2.45) is 0 Å². The second kappa shape index (κ2) is 6.00. The number of benzene rings is 1. The van der Waals surface area contributed by atoms with Crippen LogP contribution in [0, 0.1) is 17.0 Å². The van der Waals surface area contributed by atoms with E-state index >= 15 is 0 Å². The molecule has 0 spiro atoms. The number of aromatic nitrogens is 1. The fourth-order valence-corrected chi connectivity index (χ4v) is 1.81. The molecule has 21 heavy (non-hydrogen) atoms. The molecule has 0 bridgehead atoms. The topological polar surface area (TPSA) is 105 Å². The Hall–Kier alpha value is -2.96. The molecule has 0 atom stereocenters. The van der Waals surface area contributed by atoms with Gasteiger partial charge in [-0.15, -0.1) is 0 Å². The third kappa shape index (κ3) is 3.53. The zero-order valence-corrected chi connectivity index (χ0v) is 11.2. The zero-order chi connectivity index (χ0) is 15.4. The van der Waals surface area contributed by atoms with Gasteiger partial charge < -0.3 is 10.4 Å². The molecule has 108 valence electrons. The smallest absolute Gasteiger partial charge is 0.335 e. The molecule has 0 aliphatic rings. The molecule has 1 aromatic heterocycles. The Balaban J connectivity index is 2.13. The number of carboxylic acids is 1. The number of rotatable bonds is 5. The fraction of sp³-hybridized carbons (Fsp3) is 0.143. The van der Waals surface area contributed by atoms with Gasteiger partial charge in [-0.25, -0.2) is 9.78 Å². The van der Waals surface area contributed by atoms with Gasteiger partial charge in [0.15, 0.2) is 0 Å². The molecule has 7 heteroatoms. The second-order valence-corrected chi connectivity index (χ2v) is 4.47. The maximum absolute atomic E-state index is 10.9. The monoisotopic (exact) mass is 287 g/mol. The first-order valence-corrected chi connectivity index (χ1v) is 6.14. The number of nitrogens with one attached hydrogen (secondary N) is 1. The van der Waals surface area contributed by atoms with Crippen LogP contribution < -0.4 is 5.32 Å². The number of carboxylic acid groups (broad SMARTS) is 1. The highest BCUT2D eigenvalue weighted by molar-refractivity contribution is 5.87. The van der Waals surface area contributed by atoms with E-state index in [1.807, 2.05) is 0 Å². The minimum Gasteiger partial charge on any atom is -0.478 e. The third-order valence-electron chi connectivity index (χ3n) is 2.92. The van der Waals surface area contributed by atoms with Crippen LogP contribution in [0.25, 0.3) is 0 Å². The molecule has 0 fully saturated rings. The summed E-state index contributed by atoms with van der Waals surface area (Å²) >= 11 is 0. The van der Waals surface area contributed by atoms with Crippen LogP contribution in [0.2, 0.25) is 0 Å². The van der Waals surface area contributed by atoms with Gasteiger partial charge in [0.1, 0.15) is 5.82 Å². The Morgan fingerprint density at radius 3 is 2.86 bits per heavy atom. The summed E-state index contributed by atoms with van der Waals surface area (Å²) in [4.78, 5) is 25.3. The van der Waals surface area contributed by atoms with Gasteiger partial charge in [-0.3, -0.25) is 10.1 Å². The van der Waals surface area contributed by atoms with Gasteiger partial charge in [0, 0.05) is 18.3 Å². The maximum Gasteiger partial charge on any atom is 0.335 e. The first-order valence-electron chi connectivity index (χ1n) is 6.14. The summed E-state index contributed by atoms with van der Waals surface area (Å²) in [7, 11) is 0. The average molecular weight is 287 g/mol. The number of carbonyl (C=O) groups is 1. The lowest BCUT2D eigenvalue weighted by Gasteiger charge is -2.07. The maximum atomic E-state index is 10.9. The number of hydrogen-bond donors (Lipinski definition) is 2. The van der Waals surface area contributed by atoms with E-state index in [9.17, 15) is 14.9 Å². The van der Waals surface area contributed by atoms with Crippen LogP contribution in [-0.4, -0.2) is 21.0 Å². The number of nitrogens with zero attached hydrogens (tertiary/aromatic N) is 2. The Labute approximate surface area is 120 Å². The van der Waals surface area contributed by atoms with E-state index in [1.54, 1.807) is 19.1 Å². The molecule has 1 aromatic carbocycles. The summed E-state index contributed by atoms with van der Waals surface area (Å²) in [5.41, 5.74) is 1.42. The van der Waals surface area contributed by atoms with Crippen molar-refractivity contribution in [3.05, 3.63) is 63.3 Å². The predicted octanol–water partition coefficient (Wildman–Crippen LogP) is 2.61. The molecule has 2 N–H and O–H groups in total. The predicted molar refractivity (Wildman–Crippen MR) is 76.4 cm³/mol. The SMILES string of the molecule is Cc1cnc(NCc2cccc(C(=O)O)c2)cc1[N+](=O)[O-]. The summed E-state index contributed by atoms with van der Waals surface area (Å²) in [6.45, 7) is 1.94. The van der Waals surface area contributed by atoms with E-state index in [4.69, 9.17) is 5.11 Å². The van der Waals surface area contributed by atoms with Gasteiger partial charge in [-0.1, -0.05) is 12.1 Å². The standard InChI is InChI=1S/C14H13N3O4/c1-9-7-15-13(6-12(9)17(20)21)16-8-10-3-2-4-11(5-10)14(18)19/h2-7H,8H2,1H3,(H,15,16)(H,18,19). The van der Waals surface area contributed by atoms with Crippen LogP contribution in [0.15, 0.2) is 36.5 Å². The largest absolute Gasteiger partial charge is 0.478 e. The first kappa shape index (κ1) is 14.4. The van der Waals surface area contributed by atoms with E-state index in [2.05, 4.69) is 10.3 Å². The summed E-state index contributed by atoms with van der Waals surface area (Å²) in [6, 6.07) is 7.81. The summed E-state index contributed by atoms with van der Waals surface area (Å²) < 4.78 is 0. The number of anilines is 1. The summed E-state index contributed by atoms with van der Waals surface area (Å²) in [6.07, 6.45) is 1.42. The van der Waals surface area contributed by atoms with E-state index < -0.39 is 10.9 Å². The van der Waals surface area contributed by atoms with Crippen molar-refractivity contribution < 1.29 is 14.8 Å². The van der Waals surface area contributed by atoms with E-state index in [1.165, 1.54) is 24.4 Å². The van der Waals surface area contributed by atoms with Gasteiger partial charge in [0.25, 0.3) is 5.69 Å². The first-order chi connectivity index (χ1) is 9.97. The molecule has 0 amide bonds.